The number of primary amides is 1. The van der Waals surface area contributed by atoms with Gasteiger partial charge in [-0.15, -0.1) is 24.0 Å². The Morgan fingerprint density at radius 3 is 2.61 bits per heavy atom. The third-order valence-corrected chi connectivity index (χ3v) is 5.62. The molecule has 1 saturated heterocycles. The van der Waals surface area contributed by atoms with E-state index in [0.717, 1.165) is 62.2 Å². The van der Waals surface area contributed by atoms with Crippen molar-refractivity contribution in [1.29, 1.82) is 0 Å². The number of pyridine rings is 1. The Morgan fingerprint density at radius 2 is 2.00 bits per heavy atom. The van der Waals surface area contributed by atoms with E-state index in [-0.39, 0.29) is 35.8 Å². The Kier molecular flexibility index (Phi) is 12.8. The van der Waals surface area contributed by atoms with Gasteiger partial charge in [0.1, 0.15) is 5.82 Å². The number of carbonyl (C=O) groups excluding carboxylic acids is 1. The van der Waals surface area contributed by atoms with Crippen LogP contribution >= 0.6 is 24.0 Å². The van der Waals surface area contributed by atoms with Crippen LogP contribution in [-0.2, 0) is 11.3 Å². The second kappa shape index (κ2) is 14.5. The molecule has 0 saturated carbocycles. The van der Waals surface area contributed by atoms with Crippen molar-refractivity contribution in [1.82, 2.24) is 15.6 Å². The zero-order chi connectivity index (χ0) is 21.9. The van der Waals surface area contributed by atoms with Crippen LogP contribution in [0.25, 0.3) is 0 Å². The Hall–Kier alpha value is -1.58. The van der Waals surface area contributed by atoms with Crippen molar-refractivity contribution in [3.63, 3.8) is 0 Å². The first-order valence-corrected chi connectivity index (χ1v) is 11.4. The largest absolute Gasteiger partial charge is 0.369 e. The Bertz CT molecular complexity index is 688. The van der Waals surface area contributed by atoms with Crippen LogP contribution in [-0.4, -0.2) is 42.5 Å². The molecule has 1 fully saturated rings. The number of anilines is 1. The van der Waals surface area contributed by atoms with Crippen molar-refractivity contribution in [2.24, 2.45) is 22.6 Å². The van der Waals surface area contributed by atoms with Gasteiger partial charge in [-0.1, -0.05) is 32.8 Å². The number of hydrogen-bond donors (Lipinski definition) is 3. The summed E-state index contributed by atoms with van der Waals surface area (Å²) < 4.78 is 0. The fraction of sp³-hybridized carbons (Fsp3) is 0.696. The van der Waals surface area contributed by atoms with Gasteiger partial charge in [0.2, 0.25) is 5.91 Å². The van der Waals surface area contributed by atoms with Crippen LogP contribution in [0, 0.1) is 11.8 Å². The van der Waals surface area contributed by atoms with E-state index in [1.54, 1.807) is 0 Å². The second-order valence-electron chi connectivity index (χ2n) is 8.72. The lowest BCUT2D eigenvalue weighted by Gasteiger charge is -2.32. The molecule has 0 radical (unpaired) electrons. The van der Waals surface area contributed by atoms with Gasteiger partial charge in [0.05, 0.1) is 6.54 Å². The molecule has 8 heteroatoms. The number of aliphatic imine (C=N–C) groups is 1. The van der Waals surface area contributed by atoms with Gasteiger partial charge in [0, 0.05) is 43.4 Å². The number of carbonyl (C=O) groups is 1. The topological polar surface area (TPSA) is 95.6 Å². The van der Waals surface area contributed by atoms with Crippen LogP contribution in [0.3, 0.4) is 0 Å². The van der Waals surface area contributed by atoms with Gasteiger partial charge in [0.15, 0.2) is 5.96 Å². The summed E-state index contributed by atoms with van der Waals surface area (Å²) >= 11 is 0. The minimum absolute atomic E-state index is 0. The Labute approximate surface area is 205 Å². The second-order valence-corrected chi connectivity index (χ2v) is 8.72. The van der Waals surface area contributed by atoms with Gasteiger partial charge in [0.25, 0.3) is 0 Å². The molecular formula is C23H41IN6O. The zero-order valence-corrected chi connectivity index (χ0v) is 21.9. The Balaban J connectivity index is 0.00000480. The minimum Gasteiger partial charge on any atom is -0.369 e. The maximum atomic E-state index is 11.4. The van der Waals surface area contributed by atoms with Crippen LogP contribution in [0.1, 0.15) is 65.4 Å². The lowest BCUT2D eigenvalue weighted by molar-refractivity contribution is -0.122. The van der Waals surface area contributed by atoms with Gasteiger partial charge >= 0.3 is 0 Å². The molecule has 1 aliphatic heterocycles. The van der Waals surface area contributed by atoms with Gasteiger partial charge in [-0.05, 0) is 45.1 Å². The molecule has 4 N–H and O–H groups in total. The van der Waals surface area contributed by atoms with Crippen LogP contribution in [0.4, 0.5) is 5.82 Å². The average molecular weight is 545 g/mol. The van der Waals surface area contributed by atoms with Gasteiger partial charge < -0.3 is 21.3 Å². The van der Waals surface area contributed by atoms with E-state index in [0.29, 0.717) is 12.6 Å². The first-order valence-electron chi connectivity index (χ1n) is 11.4. The smallest absolute Gasteiger partial charge is 0.220 e. The third-order valence-electron chi connectivity index (χ3n) is 5.62. The number of rotatable bonds is 10. The predicted octanol–water partition coefficient (Wildman–Crippen LogP) is 3.67. The fourth-order valence-corrected chi connectivity index (χ4v) is 3.84. The maximum absolute atomic E-state index is 11.4. The number of guanidine groups is 1. The highest BCUT2D eigenvalue weighted by Crippen LogP contribution is 2.24. The van der Waals surface area contributed by atoms with Crippen molar-refractivity contribution in [3.05, 3.63) is 23.9 Å². The van der Waals surface area contributed by atoms with E-state index in [1.807, 2.05) is 12.3 Å². The molecule has 2 heterocycles. The molecule has 0 aromatic carbocycles. The van der Waals surface area contributed by atoms with E-state index in [2.05, 4.69) is 54.3 Å². The van der Waals surface area contributed by atoms with Crippen LogP contribution in [0.2, 0.25) is 0 Å². The van der Waals surface area contributed by atoms with E-state index in [9.17, 15) is 4.79 Å². The summed E-state index contributed by atoms with van der Waals surface area (Å²) in [4.78, 5) is 23.1. The summed E-state index contributed by atoms with van der Waals surface area (Å²) in [7, 11) is 0. The van der Waals surface area contributed by atoms with E-state index >= 15 is 0 Å². The summed E-state index contributed by atoms with van der Waals surface area (Å²) in [5.41, 5.74) is 6.57. The van der Waals surface area contributed by atoms with E-state index < -0.39 is 0 Å². The summed E-state index contributed by atoms with van der Waals surface area (Å²) in [6.07, 6.45) is 7.00. The molecule has 2 rings (SSSR count). The van der Waals surface area contributed by atoms with Crippen molar-refractivity contribution in [3.8, 4) is 0 Å². The average Bonchev–Trinajstić information content (AvgIpc) is 2.72. The fourth-order valence-electron chi connectivity index (χ4n) is 3.84. The molecule has 0 spiro atoms. The van der Waals surface area contributed by atoms with Crippen molar-refractivity contribution >= 4 is 41.7 Å². The minimum atomic E-state index is -0.190. The molecule has 1 unspecified atom stereocenters. The highest BCUT2D eigenvalue weighted by atomic mass is 127. The number of aromatic nitrogens is 1. The SMILES string of the molecule is CCNC(=NCc1cccnc1N1CCC(C(N)=O)CC1)NC(C)CCCC(C)C.I. The third kappa shape index (κ3) is 9.62. The lowest BCUT2D eigenvalue weighted by atomic mass is 9.96. The molecule has 1 amide bonds. The molecule has 1 aromatic rings. The number of nitrogens with two attached hydrogens (primary N) is 1. The number of nitrogens with zero attached hydrogens (tertiary/aromatic N) is 3. The van der Waals surface area contributed by atoms with Gasteiger partial charge in [-0.2, -0.15) is 0 Å². The van der Waals surface area contributed by atoms with E-state index in [1.165, 1.54) is 12.8 Å². The van der Waals surface area contributed by atoms with Gasteiger partial charge in [-0.25, -0.2) is 9.98 Å². The summed E-state index contributed by atoms with van der Waals surface area (Å²) in [6.45, 7) is 11.8. The molecule has 31 heavy (non-hydrogen) atoms. The van der Waals surface area contributed by atoms with Crippen LogP contribution in [0.5, 0.6) is 0 Å². The summed E-state index contributed by atoms with van der Waals surface area (Å²) in [5, 5.41) is 6.89. The number of nitrogens with one attached hydrogen (secondary N) is 2. The van der Waals surface area contributed by atoms with E-state index in [4.69, 9.17) is 10.7 Å². The monoisotopic (exact) mass is 544 g/mol. The molecule has 176 valence electrons. The first kappa shape index (κ1) is 27.5. The number of amides is 1. The molecule has 0 aliphatic carbocycles. The molecule has 0 bridgehead atoms. The molecular weight excluding hydrogens is 503 g/mol. The number of halogens is 1. The normalized spacial score (nSPS) is 16.0. The lowest BCUT2D eigenvalue weighted by Crippen LogP contribution is -2.42. The predicted molar refractivity (Wildman–Crippen MR) is 140 cm³/mol. The molecule has 7 nitrogen and oxygen atoms in total. The highest BCUT2D eigenvalue weighted by molar-refractivity contribution is 14.0. The standard InChI is InChI=1S/C23H40N6O.HI/c1-5-25-23(28-18(4)9-6-8-17(2)3)27-16-20-10-7-13-26-22(20)29-14-11-19(12-15-29)21(24)30;/h7,10,13,17-19H,5-6,8-9,11-12,14-16H2,1-4H3,(H2,24,30)(H2,25,27,28);1H. The highest BCUT2D eigenvalue weighted by Gasteiger charge is 2.24. The zero-order valence-electron chi connectivity index (χ0n) is 19.6. The first-order chi connectivity index (χ1) is 14.4. The maximum Gasteiger partial charge on any atom is 0.220 e. The number of piperidine rings is 1. The summed E-state index contributed by atoms with van der Waals surface area (Å²) in [5.74, 6) is 2.34. The van der Waals surface area contributed by atoms with Crippen LogP contribution < -0.4 is 21.3 Å². The Morgan fingerprint density at radius 1 is 1.29 bits per heavy atom. The quantitative estimate of drug-likeness (QED) is 0.237. The molecule has 1 aliphatic rings. The van der Waals surface area contributed by atoms with Crippen LogP contribution in [0.15, 0.2) is 23.3 Å². The number of hydrogen-bond acceptors (Lipinski definition) is 4. The van der Waals surface area contributed by atoms with Gasteiger partial charge in [-0.3, -0.25) is 4.79 Å². The van der Waals surface area contributed by atoms with Crippen molar-refractivity contribution in [2.45, 2.75) is 72.4 Å². The van der Waals surface area contributed by atoms with Crippen molar-refractivity contribution < 1.29 is 4.79 Å². The van der Waals surface area contributed by atoms with Crippen molar-refractivity contribution in [2.75, 3.05) is 24.5 Å². The summed E-state index contributed by atoms with van der Waals surface area (Å²) in [6, 6.07) is 4.42. The molecule has 1 aromatic heterocycles. The molecule has 1 atom stereocenters.